The summed E-state index contributed by atoms with van der Waals surface area (Å²) in [4.78, 5) is 12.1. The Morgan fingerprint density at radius 2 is 2.28 bits per heavy atom. The van der Waals surface area contributed by atoms with Crippen LogP contribution in [0.5, 0.6) is 0 Å². The Labute approximate surface area is 106 Å². The topological polar surface area (TPSA) is 46.1 Å². The number of nitrogens with zero attached hydrogens (tertiary/aromatic N) is 1. The summed E-state index contributed by atoms with van der Waals surface area (Å²) >= 11 is 0. The fourth-order valence-electron chi connectivity index (χ4n) is 2.57. The molecule has 4 nitrogen and oxygen atoms in total. The number of anilines is 1. The van der Waals surface area contributed by atoms with E-state index >= 15 is 0 Å². The van der Waals surface area contributed by atoms with Crippen molar-refractivity contribution in [3.63, 3.8) is 0 Å². The number of carbonyl (C=O) groups is 1. The zero-order valence-electron chi connectivity index (χ0n) is 10.4. The van der Waals surface area contributed by atoms with Gasteiger partial charge in [-0.15, -0.1) is 0 Å². The van der Waals surface area contributed by atoms with Crippen LogP contribution >= 0.6 is 0 Å². The van der Waals surface area contributed by atoms with Gasteiger partial charge in [-0.3, -0.25) is 4.79 Å². The second-order valence-electron chi connectivity index (χ2n) is 4.81. The Balaban J connectivity index is 1.88. The van der Waals surface area contributed by atoms with Crippen LogP contribution < -0.4 is 10.6 Å². The largest absolute Gasteiger partial charge is 0.348 e. The van der Waals surface area contributed by atoms with Gasteiger partial charge in [0.15, 0.2) is 0 Å². The Morgan fingerprint density at radius 1 is 1.44 bits per heavy atom. The molecule has 0 bridgehead atoms. The van der Waals surface area contributed by atoms with Gasteiger partial charge in [0.1, 0.15) is 0 Å². The average molecular weight is 243 g/mol. The van der Waals surface area contributed by atoms with Crippen molar-refractivity contribution in [3.05, 3.63) is 30.5 Å². The maximum absolute atomic E-state index is 12.1. The van der Waals surface area contributed by atoms with Crippen molar-refractivity contribution in [2.24, 2.45) is 7.05 Å². The fraction of sp³-hybridized carbons (Fsp3) is 0.357. The number of nitrogens with one attached hydrogen (secondary N) is 2. The molecule has 4 heteroatoms. The summed E-state index contributed by atoms with van der Waals surface area (Å²) in [6, 6.07) is 8.05. The molecular weight excluding hydrogens is 226 g/mol. The van der Waals surface area contributed by atoms with Crippen LogP contribution in [0, 0.1) is 0 Å². The summed E-state index contributed by atoms with van der Waals surface area (Å²) in [7, 11) is 1.99. The molecule has 1 fully saturated rings. The Hall–Kier alpha value is -1.81. The van der Waals surface area contributed by atoms with E-state index in [1.807, 2.05) is 36.0 Å². The Kier molecular flexibility index (Phi) is 2.80. The number of benzene rings is 1. The van der Waals surface area contributed by atoms with Crippen LogP contribution in [0.1, 0.15) is 12.8 Å². The van der Waals surface area contributed by atoms with Gasteiger partial charge in [0, 0.05) is 24.1 Å². The predicted molar refractivity (Wildman–Crippen MR) is 72.6 cm³/mol. The molecular formula is C14H17N3O. The van der Waals surface area contributed by atoms with Crippen LogP contribution in [-0.4, -0.2) is 23.1 Å². The summed E-state index contributed by atoms with van der Waals surface area (Å²) < 4.78 is 2.03. The standard InChI is InChI=1S/C14H17N3O/c1-17-9-12(10-5-2-3-7-13(10)17)16-14(18)11-6-4-8-15-11/h2-3,5,7,9,11,15H,4,6,8H2,1H3,(H,16,18). The molecule has 0 saturated carbocycles. The predicted octanol–water partition coefficient (Wildman–Crippen LogP) is 1.87. The second-order valence-corrected chi connectivity index (χ2v) is 4.81. The van der Waals surface area contributed by atoms with E-state index in [1.165, 1.54) is 0 Å². The lowest BCUT2D eigenvalue weighted by atomic mass is 10.2. The van der Waals surface area contributed by atoms with Crippen LogP contribution in [0.2, 0.25) is 0 Å². The minimum absolute atomic E-state index is 0.0380. The summed E-state index contributed by atoms with van der Waals surface area (Å²) in [5.74, 6) is 0.0730. The number of rotatable bonds is 2. The van der Waals surface area contributed by atoms with E-state index in [-0.39, 0.29) is 11.9 Å². The van der Waals surface area contributed by atoms with Crippen LogP contribution in [-0.2, 0) is 11.8 Å². The SMILES string of the molecule is Cn1cc(NC(=O)C2CCCN2)c2ccccc21. The minimum atomic E-state index is -0.0380. The molecule has 1 saturated heterocycles. The molecule has 18 heavy (non-hydrogen) atoms. The zero-order chi connectivity index (χ0) is 12.5. The summed E-state index contributed by atoms with van der Waals surface area (Å²) in [6.45, 7) is 0.938. The van der Waals surface area contributed by atoms with E-state index < -0.39 is 0 Å². The van der Waals surface area contributed by atoms with Crippen LogP contribution in [0.25, 0.3) is 10.9 Å². The van der Waals surface area contributed by atoms with Crippen LogP contribution in [0.3, 0.4) is 0 Å². The number of carbonyl (C=O) groups excluding carboxylic acids is 1. The summed E-state index contributed by atoms with van der Waals surface area (Å²) in [5.41, 5.74) is 2.03. The maximum atomic E-state index is 12.1. The van der Waals surface area contributed by atoms with Gasteiger partial charge >= 0.3 is 0 Å². The third-order valence-electron chi connectivity index (χ3n) is 3.53. The van der Waals surface area contributed by atoms with Crippen molar-refractivity contribution in [3.8, 4) is 0 Å². The highest BCUT2D eigenvalue weighted by atomic mass is 16.2. The molecule has 94 valence electrons. The quantitative estimate of drug-likeness (QED) is 0.845. The van der Waals surface area contributed by atoms with Crippen molar-refractivity contribution in [2.75, 3.05) is 11.9 Å². The van der Waals surface area contributed by atoms with Gasteiger partial charge in [0.05, 0.1) is 11.7 Å². The van der Waals surface area contributed by atoms with E-state index in [9.17, 15) is 4.79 Å². The van der Waals surface area contributed by atoms with E-state index in [0.717, 1.165) is 36.0 Å². The van der Waals surface area contributed by atoms with Crippen molar-refractivity contribution in [1.29, 1.82) is 0 Å². The van der Waals surface area contributed by atoms with Gasteiger partial charge in [-0.1, -0.05) is 18.2 Å². The lowest BCUT2D eigenvalue weighted by Crippen LogP contribution is -2.35. The van der Waals surface area contributed by atoms with Crippen molar-refractivity contribution >= 4 is 22.5 Å². The number of fused-ring (bicyclic) bond motifs is 1. The van der Waals surface area contributed by atoms with E-state index in [0.29, 0.717) is 0 Å². The number of hydrogen-bond donors (Lipinski definition) is 2. The van der Waals surface area contributed by atoms with Gasteiger partial charge in [-0.05, 0) is 25.5 Å². The molecule has 0 spiro atoms. The molecule has 3 rings (SSSR count). The number of hydrogen-bond acceptors (Lipinski definition) is 2. The van der Waals surface area contributed by atoms with Gasteiger partial charge < -0.3 is 15.2 Å². The summed E-state index contributed by atoms with van der Waals surface area (Å²) in [6.07, 6.45) is 3.97. The van der Waals surface area contributed by atoms with Crippen molar-refractivity contribution < 1.29 is 4.79 Å². The van der Waals surface area contributed by atoms with E-state index in [4.69, 9.17) is 0 Å². The molecule has 0 radical (unpaired) electrons. The molecule has 2 N–H and O–H groups in total. The first-order valence-corrected chi connectivity index (χ1v) is 6.34. The monoisotopic (exact) mass is 243 g/mol. The molecule has 1 aliphatic rings. The van der Waals surface area contributed by atoms with E-state index in [1.54, 1.807) is 0 Å². The minimum Gasteiger partial charge on any atom is -0.348 e. The Bertz CT molecular complexity index is 582. The smallest absolute Gasteiger partial charge is 0.241 e. The molecule has 1 atom stereocenters. The number of aromatic nitrogens is 1. The fourth-order valence-corrected chi connectivity index (χ4v) is 2.57. The molecule has 2 aromatic rings. The van der Waals surface area contributed by atoms with Gasteiger partial charge in [0.2, 0.25) is 5.91 Å². The highest BCUT2D eigenvalue weighted by molar-refractivity contribution is 6.03. The van der Waals surface area contributed by atoms with Crippen molar-refractivity contribution in [2.45, 2.75) is 18.9 Å². The van der Waals surface area contributed by atoms with Gasteiger partial charge in [-0.2, -0.15) is 0 Å². The molecule has 1 amide bonds. The second kappa shape index (κ2) is 4.46. The molecule has 2 heterocycles. The first kappa shape index (κ1) is 11.3. The molecule has 1 unspecified atom stereocenters. The van der Waals surface area contributed by atoms with E-state index in [2.05, 4.69) is 16.7 Å². The Morgan fingerprint density at radius 3 is 3.06 bits per heavy atom. The maximum Gasteiger partial charge on any atom is 0.241 e. The lowest BCUT2D eigenvalue weighted by molar-refractivity contribution is -0.117. The first-order chi connectivity index (χ1) is 8.75. The lowest BCUT2D eigenvalue weighted by Gasteiger charge is -2.10. The zero-order valence-corrected chi connectivity index (χ0v) is 10.4. The highest BCUT2D eigenvalue weighted by Crippen LogP contribution is 2.25. The summed E-state index contributed by atoms with van der Waals surface area (Å²) in [5, 5.41) is 7.33. The number of amides is 1. The number of aryl methyl sites for hydroxylation is 1. The normalized spacial score (nSPS) is 19.3. The van der Waals surface area contributed by atoms with Gasteiger partial charge in [-0.25, -0.2) is 0 Å². The van der Waals surface area contributed by atoms with Crippen molar-refractivity contribution in [1.82, 2.24) is 9.88 Å². The number of para-hydroxylation sites is 1. The average Bonchev–Trinajstić information content (AvgIpc) is 3.00. The molecule has 1 aromatic heterocycles. The third kappa shape index (κ3) is 1.88. The first-order valence-electron chi connectivity index (χ1n) is 6.34. The molecule has 0 aliphatic carbocycles. The van der Waals surface area contributed by atoms with Crippen LogP contribution in [0.4, 0.5) is 5.69 Å². The molecule has 1 aliphatic heterocycles. The third-order valence-corrected chi connectivity index (χ3v) is 3.53. The highest BCUT2D eigenvalue weighted by Gasteiger charge is 2.22. The van der Waals surface area contributed by atoms with Gasteiger partial charge in [0.25, 0.3) is 0 Å². The van der Waals surface area contributed by atoms with Crippen LogP contribution in [0.15, 0.2) is 30.5 Å². The molecule has 1 aromatic carbocycles.